The third-order valence-corrected chi connectivity index (χ3v) is 4.64. The molecule has 0 radical (unpaired) electrons. The van der Waals surface area contributed by atoms with Gasteiger partial charge in [-0.2, -0.15) is 0 Å². The van der Waals surface area contributed by atoms with Gasteiger partial charge in [-0.25, -0.2) is 0 Å². The molecule has 3 atom stereocenters. The van der Waals surface area contributed by atoms with Crippen LogP contribution in [0.5, 0.6) is 0 Å². The summed E-state index contributed by atoms with van der Waals surface area (Å²) < 4.78 is 0. The van der Waals surface area contributed by atoms with Crippen LogP contribution < -0.4 is 0 Å². The van der Waals surface area contributed by atoms with Crippen molar-refractivity contribution in [2.75, 3.05) is 0 Å². The topological polar surface area (TPSA) is 17.1 Å². The van der Waals surface area contributed by atoms with Crippen molar-refractivity contribution in [3.8, 4) is 0 Å². The number of fused-ring (bicyclic) bond motifs is 1. The van der Waals surface area contributed by atoms with Crippen LogP contribution in [0, 0.1) is 17.3 Å². The molecule has 0 amide bonds. The molecule has 3 unspecified atom stereocenters. The van der Waals surface area contributed by atoms with Gasteiger partial charge in [-0.1, -0.05) is 18.6 Å². The van der Waals surface area contributed by atoms with E-state index in [4.69, 9.17) is 0 Å². The molecule has 1 spiro atoms. The Labute approximate surface area is 79.2 Å². The molecule has 3 rings (SSSR count). The van der Waals surface area contributed by atoms with Gasteiger partial charge in [0.05, 0.1) is 0 Å². The number of Topliss-reactive ketones (excluding diaryl/α,β-unsaturated/α-hetero) is 1. The minimum absolute atomic E-state index is 0.263. The maximum absolute atomic E-state index is 12.0. The minimum atomic E-state index is 0.263. The zero-order valence-corrected chi connectivity index (χ0v) is 8.01. The first-order chi connectivity index (χ1) is 6.23. The van der Waals surface area contributed by atoms with E-state index in [1.54, 1.807) is 0 Å². The first-order valence-corrected chi connectivity index (χ1v) is 5.44. The molecule has 0 N–H and O–H groups in total. The molecule has 0 heterocycles. The Bertz CT molecular complexity index is 291. The van der Waals surface area contributed by atoms with Crippen molar-refractivity contribution in [2.45, 2.75) is 38.5 Å². The van der Waals surface area contributed by atoms with Crippen molar-refractivity contribution in [1.82, 2.24) is 0 Å². The number of carbonyl (C=O) groups is 1. The summed E-state index contributed by atoms with van der Waals surface area (Å²) in [6.45, 7) is 4.05. The number of ketones is 1. The molecule has 3 aliphatic rings. The normalized spacial score (nSPS) is 48.3. The van der Waals surface area contributed by atoms with E-state index in [0.29, 0.717) is 17.1 Å². The molecule has 0 aromatic rings. The Hall–Kier alpha value is -0.590. The molecule has 0 aromatic heterocycles. The lowest BCUT2D eigenvalue weighted by molar-refractivity contribution is -0.123. The lowest BCUT2D eigenvalue weighted by atomic mass is 9.72. The van der Waals surface area contributed by atoms with Gasteiger partial charge >= 0.3 is 0 Å². The smallest absolute Gasteiger partial charge is 0.143 e. The van der Waals surface area contributed by atoms with E-state index >= 15 is 0 Å². The van der Waals surface area contributed by atoms with E-state index in [-0.39, 0.29) is 5.92 Å². The fourth-order valence-electron chi connectivity index (χ4n) is 3.91. The van der Waals surface area contributed by atoms with Crippen molar-refractivity contribution >= 4 is 5.78 Å². The van der Waals surface area contributed by atoms with Gasteiger partial charge in [0.2, 0.25) is 0 Å². The van der Waals surface area contributed by atoms with E-state index in [9.17, 15) is 4.79 Å². The summed E-state index contributed by atoms with van der Waals surface area (Å²) in [6, 6.07) is 0. The molecular formula is C12H16O. The quantitative estimate of drug-likeness (QED) is 0.519. The summed E-state index contributed by atoms with van der Waals surface area (Å²) in [6.07, 6.45) is 7.28. The van der Waals surface area contributed by atoms with Crippen molar-refractivity contribution in [3.63, 3.8) is 0 Å². The number of hydrogen-bond acceptors (Lipinski definition) is 1. The molecule has 1 heteroatoms. The molecule has 0 saturated heterocycles. The van der Waals surface area contributed by atoms with Gasteiger partial charge in [0.1, 0.15) is 5.78 Å². The molecular weight excluding hydrogens is 160 g/mol. The maximum atomic E-state index is 12.0. The number of carbonyl (C=O) groups excluding carboxylic acids is 1. The Morgan fingerprint density at radius 2 is 2.23 bits per heavy atom. The van der Waals surface area contributed by atoms with Crippen LogP contribution in [0.2, 0.25) is 0 Å². The van der Waals surface area contributed by atoms with Crippen molar-refractivity contribution in [3.05, 3.63) is 12.2 Å². The monoisotopic (exact) mass is 176 g/mol. The van der Waals surface area contributed by atoms with Gasteiger partial charge in [-0.05, 0) is 37.5 Å². The van der Waals surface area contributed by atoms with Crippen molar-refractivity contribution in [2.24, 2.45) is 17.3 Å². The highest BCUT2D eigenvalue weighted by atomic mass is 16.1. The second-order valence-corrected chi connectivity index (χ2v) is 5.12. The lowest BCUT2D eigenvalue weighted by Gasteiger charge is -2.32. The summed E-state index contributed by atoms with van der Waals surface area (Å²) in [5, 5.41) is 0. The van der Waals surface area contributed by atoms with Crippen LogP contribution in [0.1, 0.15) is 38.5 Å². The Balaban J connectivity index is 2.04. The van der Waals surface area contributed by atoms with Gasteiger partial charge < -0.3 is 0 Å². The molecule has 3 fully saturated rings. The first kappa shape index (κ1) is 7.78. The third kappa shape index (κ3) is 0.806. The Morgan fingerprint density at radius 3 is 3.08 bits per heavy atom. The Morgan fingerprint density at radius 1 is 1.38 bits per heavy atom. The fourth-order valence-corrected chi connectivity index (χ4v) is 3.91. The van der Waals surface area contributed by atoms with Crippen LogP contribution in [-0.2, 0) is 4.79 Å². The van der Waals surface area contributed by atoms with Crippen LogP contribution in [0.4, 0.5) is 0 Å². The minimum Gasteiger partial charge on any atom is -0.299 e. The van der Waals surface area contributed by atoms with Crippen molar-refractivity contribution in [1.29, 1.82) is 0 Å². The standard InChI is InChI=1S/C12H16O/c1-8-4-6-12-5-2-3-10(12)11(13)9(8)7-12/h9-10H,1-7H2. The van der Waals surface area contributed by atoms with Crippen LogP contribution in [0.15, 0.2) is 12.2 Å². The van der Waals surface area contributed by atoms with E-state index in [1.165, 1.54) is 31.3 Å². The van der Waals surface area contributed by atoms with Gasteiger partial charge in [0.15, 0.2) is 0 Å². The summed E-state index contributed by atoms with van der Waals surface area (Å²) >= 11 is 0. The summed E-state index contributed by atoms with van der Waals surface area (Å²) in [5.74, 6) is 1.23. The largest absolute Gasteiger partial charge is 0.299 e. The third-order valence-electron chi connectivity index (χ3n) is 4.64. The predicted octanol–water partition coefficient (Wildman–Crippen LogP) is 2.71. The average molecular weight is 176 g/mol. The average Bonchev–Trinajstić information content (AvgIpc) is 2.60. The highest BCUT2D eigenvalue weighted by Crippen LogP contribution is 2.61. The number of rotatable bonds is 0. The van der Waals surface area contributed by atoms with Gasteiger partial charge in [-0.15, -0.1) is 0 Å². The molecule has 13 heavy (non-hydrogen) atoms. The van der Waals surface area contributed by atoms with Crippen molar-refractivity contribution < 1.29 is 4.79 Å². The SMILES string of the molecule is C=C1CCC23CCCC2C(=O)C1C3. The fraction of sp³-hybridized carbons (Fsp3) is 0.750. The second-order valence-electron chi connectivity index (χ2n) is 5.12. The first-order valence-electron chi connectivity index (χ1n) is 5.44. The zero-order chi connectivity index (χ0) is 9.05. The summed E-state index contributed by atoms with van der Waals surface area (Å²) in [4.78, 5) is 12.0. The van der Waals surface area contributed by atoms with Gasteiger partial charge in [-0.3, -0.25) is 4.79 Å². The molecule has 0 aromatic carbocycles. The highest BCUT2D eigenvalue weighted by Gasteiger charge is 2.57. The molecule has 2 bridgehead atoms. The molecule has 70 valence electrons. The van der Waals surface area contributed by atoms with E-state index < -0.39 is 0 Å². The molecule has 3 aliphatic carbocycles. The predicted molar refractivity (Wildman–Crippen MR) is 51.3 cm³/mol. The molecule has 3 saturated carbocycles. The highest BCUT2D eigenvalue weighted by molar-refractivity contribution is 5.90. The zero-order valence-electron chi connectivity index (χ0n) is 8.01. The summed E-state index contributed by atoms with van der Waals surface area (Å²) in [7, 11) is 0. The van der Waals surface area contributed by atoms with Crippen LogP contribution in [0.25, 0.3) is 0 Å². The van der Waals surface area contributed by atoms with E-state index in [2.05, 4.69) is 6.58 Å². The van der Waals surface area contributed by atoms with Crippen LogP contribution >= 0.6 is 0 Å². The lowest BCUT2D eigenvalue weighted by Crippen LogP contribution is -2.23. The summed E-state index contributed by atoms with van der Waals surface area (Å²) in [5.41, 5.74) is 1.67. The van der Waals surface area contributed by atoms with Gasteiger partial charge in [0, 0.05) is 11.8 Å². The molecule has 1 nitrogen and oxygen atoms in total. The number of hydrogen-bond donors (Lipinski definition) is 0. The Kier molecular flexibility index (Phi) is 1.35. The van der Waals surface area contributed by atoms with Crippen LogP contribution in [-0.4, -0.2) is 5.78 Å². The van der Waals surface area contributed by atoms with E-state index in [1.807, 2.05) is 0 Å². The number of allylic oxidation sites excluding steroid dienone is 1. The molecule has 0 aliphatic heterocycles. The maximum Gasteiger partial charge on any atom is 0.143 e. The second kappa shape index (κ2) is 2.26. The van der Waals surface area contributed by atoms with E-state index in [0.717, 1.165) is 12.8 Å². The van der Waals surface area contributed by atoms with Gasteiger partial charge in [0.25, 0.3) is 0 Å². The van der Waals surface area contributed by atoms with Crippen LogP contribution in [0.3, 0.4) is 0 Å².